The van der Waals surface area contributed by atoms with E-state index in [-0.39, 0.29) is 42.8 Å². The second-order valence-corrected chi connectivity index (χ2v) is 10.8. The topological polar surface area (TPSA) is 104 Å². The van der Waals surface area contributed by atoms with Crippen LogP contribution >= 0.6 is 0 Å². The average Bonchev–Trinajstić information content (AvgIpc) is 3.36. The molecule has 1 saturated heterocycles. The van der Waals surface area contributed by atoms with Gasteiger partial charge < -0.3 is 24.1 Å². The van der Waals surface area contributed by atoms with Crippen LogP contribution in [0.15, 0.2) is 6.07 Å². The van der Waals surface area contributed by atoms with Crippen molar-refractivity contribution in [1.29, 1.82) is 5.26 Å². The first-order valence-corrected chi connectivity index (χ1v) is 13.1. The molecule has 38 heavy (non-hydrogen) atoms. The highest BCUT2D eigenvalue weighted by Crippen LogP contribution is 2.58. The van der Waals surface area contributed by atoms with E-state index >= 15 is 0 Å². The summed E-state index contributed by atoms with van der Waals surface area (Å²) in [5.41, 5.74) is 5.35. The molecule has 4 heterocycles. The van der Waals surface area contributed by atoms with Gasteiger partial charge in [0.25, 0.3) is 0 Å². The predicted molar refractivity (Wildman–Crippen MR) is 138 cm³/mol. The number of rotatable bonds is 3. The Morgan fingerprint density at radius 3 is 2.58 bits per heavy atom. The van der Waals surface area contributed by atoms with E-state index in [2.05, 4.69) is 28.9 Å². The number of hydrogen-bond acceptors (Lipinski definition) is 9. The zero-order valence-electron chi connectivity index (χ0n) is 22.6. The van der Waals surface area contributed by atoms with E-state index in [0.717, 1.165) is 39.8 Å². The third-order valence-corrected chi connectivity index (χ3v) is 8.90. The maximum atomic E-state index is 12.2. The number of piperazine rings is 1. The Morgan fingerprint density at radius 2 is 1.92 bits per heavy atom. The summed E-state index contributed by atoms with van der Waals surface area (Å²) in [6.07, 6.45) is 1.88. The van der Waals surface area contributed by atoms with Crippen LogP contribution in [-0.2, 0) is 17.6 Å². The summed E-state index contributed by atoms with van der Waals surface area (Å²) < 4.78 is 23.3. The fourth-order valence-corrected chi connectivity index (χ4v) is 7.52. The summed E-state index contributed by atoms with van der Waals surface area (Å²) in [5.74, 6) is 2.03. The molecule has 1 N–H and O–H groups in total. The van der Waals surface area contributed by atoms with Gasteiger partial charge in [-0.25, -0.2) is 0 Å². The number of nitrogens with zero attached hydrogens (tertiary/aromatic N) is 3. The minimum atomic E-state index is -0.402. The number of methoxy groups -OCH3 is 1. The fraction of sp³-hybridized carbons (Fsp3) is 0.517. The lowest BCUT2D eigenvalue weighted by atomic mass is 9.71. The summed E-state index contributed by atoms with van der Waals surface area (Å²) in [4.78, 5) is 16.8. The van der Waals surface area contributed by atoms with Gasteiger partial charge >= 0.3 is 5.97 Å². The minimum Gasteiger partial charge on any atom is -0.504 e. The van der Waals surface area contributed by atoms with E-state index in [1.807, 2.05) is 20.9 Å². The standard InChI is InChI=1S/C29H33N3O6/c1-7-18-23-17(27(38-15(4)33)14(3)28-29(23)37-12-36-28)10-20-24-22-16(8-13(2)26(35-6)25(22)34)9-19(31(24)5)21(11-30)32(18)20/h8,18-21,24,34H,7,9-10,12H2,1-6H3/t18-,19-,20?,21?,24-/m0/s1. The lowest BCUT2D eigenvalue weighted by Gasteiger charge is -2.60. The lowest BCUT2D eigenvalue weighted by molar-refractivity contribution is -0.132. The first-order valence-electron chi connectivity index (χ1n) is 13.1. The van der Waals surface area contributed by atoms with Gasteiger partial charge in [0.1, 0.15) is 11.8 Å². The number of phenols is 1. The van der Waals surface area contributed by atoms with Gasteiger partial charge in [0.15, 0.2) is 23.0 Å². The highest BCUT2D eigenvalue weighted by molar-refractivity contribution is 5.74. The SMILES string of the molecule is CC[C@H]1c2c(c(OC(C)=O)c(C)c3c2OCO3)CC2[C@H]3c4c(cc(C)c(OC)c4O)C[C@@H](C(C#N)N21)N3C. The number of aromatic hydroxyl groups is 1. The summed E-state index contributed by atoms with van der Waals surface area (Å²) in [6.45, 7) is 7.42. The van der Waals surface area contributed by atoms with E-state index in [0.29, 0.717) is 35.8 Å². The second-order valence-electron chi connectivity index (χ2n) is 10.8. The molecule has 0 radical (unpaired) electrons. The highest BCUT2D eigenvalue weighted by Gasteiger charge is 2.56. The molecule has 0 aliphatic carbocycles. The van der Waals surface area contributed by atoms with Gasteiger partial charge in [-0.2, -0.15) is 5.26 Å². The maximum Gasteiger partial charge on any atom is 0.308 e. The number of carbonyl (C=O) groups excluding carboxylic acids is 1. The van der Waals surface area contributed by atoms with Gasteiger partial charge in [-0.3, -0.25) is 14.6 Å². The predicted octanol–water partition coefficient (Wildman–Crippen LogP) is 3.85. The largest absolute Gasteiger partial charge is 0.504 e. The molecule has 4 aliphatic rings. The molecule has 0 aromatic heterocycles. The van der Waals surface area contributed by atoms with Crippen LogP contribution in [0, 0.1) is 25.2 Å². The Morgan fingerprint density at radius 1 is 1.18 bits per heavy atom. The summed E-state index contributed by atoms with van der Waals surface area (Å²) >= 11 is 0. The van der Waals surface area contributed by atoms with E-state index in [4.69, 9.17) is 18.9 Å². The third kappa shape index (κ3) is 3.20. The van der Waals surface area contributed by atoms with Crippen LogP contribution in [0.2, 0.25) is 0 Å². The molecule has 0 saturated carbocycles. The van der Waals surface area contributed by atoms with Crippen molar-refractivity contribution in [3.63, 3.8) is 0 Å². The summed E-state index contributed by atoms with van der Waals surface area (Å²) in [5, 5.41) is 22.0. The van der Waals surface area contributed by atoms with Crippen molar-refractivity contribution in [2.75, 3.05) is 21.0 Å². The number of aryl methyl sites for hydroxylation is 1. The van der Waals surface area contributed by atoms with Crippen molar-refractivity contribution in [3.05, 3.63) is 39.4 Å². The molecule has 0 amide bonds. The number of esters is 1. The number of phenolic OH excluding ortho intramolecular Hbond substituents is 1. The van der Waals surface area contributed by atoms with Gasteiger partial charge in [0.2, 0.25) is 6.79 Å². The number of fused-ring (bicyclic) bond motifs is 9. The maximum absolute atomic E-state index is 12.2. The number of ether oxygens (including phenoxy) is 4. The number of nitriles is 1. The number of carbonyl (C=O) groups is 1. The molecule has 5 atom stereocenters. The Hall–Kier alpha value is -3.48. The van der Waals surface area contributed by atoms with Crippen LogP contribution in [-0.4, -0.2) is 60.0 Å². The van der Waals surface area contributed by atoms with Gasteiger partial charge in [0, 0.05) is 47.3 Å². The van der Waals surface area contributed by atoms with Gasteiger partial charge in [-0.1, -0.05) is 13.0 Å². The molecule has 9 nitrogen and oxygen atoms in total. The molecule has 6 rings (SSSR count). The summed E-state index contributed by atoms with van der Waals surface area (Å²) in [7, 11) is 3.61. The average molecular weight is 520 g/mol. The summed E-state index contributed by atoms with van der Waals surface area (Å²) in [6, 6.07) is 3.77. The van der Waals surface area contributed by atoms with E-state index < -0.39 is 5.97 Å². The molecule has 2 bridgehead atoms. The number of benzene rings is 2. The van der Waals surface area contributed by atoms with Crippen molar-refractivity contribution in [1.82, 2.24) is 9.80 Å². The van der Waals surface area contributed by atoms with Gasteiger partial charge in [0.05, 0.1) is 19.2 Å². The Bertz CT molecular complexity index is 1400. The number of likely N-dealkylation sites (N-methyl/N-ethyl adjacent to an activating group) is 1. The molecule has 4 aliphatic heterocycles. The monoisotopic (exact) mass is 519 g/mol. The Labute approximate surface area is 222 Å². The Balaban J connectivity index is 1.62. The molecule has 0 spiro atoms. The van der Waals surface area contributed by atoms with E-state index in [1.54, 1.807) is 7.11 Å². The zero-order chi connectivity index (χ0) is 27.0. The molecular formula is C29H33N3O6. The second kappa shape index (κ2) is 8.79. The van der Waals surface area contributed by atoms with E-state index in [9.17, 15) is 15.2 Å². The molecule has 9 heteroatoms. The minimum absolute atomic E-state index is 0.0554. The van der Waals surface area contributed by atoms with Crippen molar-refractivity contribution in [2.45, 2.75) is 77.2 Å². The Kier molecular flexibility index (Phi) is 5.74. The van der Waals surface area contributed by atoms with Crippen LogP contribution in [0.1, 0.15) is 65.7 Å². The van der Waals surface area contributed by atoms with Crippen molar-refractivity contribution in [3.8, 4) is 34.8 Å². The van der Waals surface area contributed by atoms with Gasteiger partial charge in [-0.05, 0) is 51.3 Å². The molecular weight excluding hydrogens is 486 g/mol. The normalized spacial score (nSPS) is 27.1. The molecule has 200 valence electrons. The van der Waals surface area contributed by atoms with Crippen LogP contribution in [0.4, 0.5) is 0 Å². The quantitative estimate of drug-likeness (QED) is 0.478. The first-order chi connectivity index (χ1) is 18.2. The number of hydrogen-bond donors (Lipinski definition) is 1. The van der Waals surface area contributed by atoms with Crippen LogP contribution in [0.25, 0.3) is 0 Å². The highest BCUT2D eigenvalue weighted by atomic mass is 16.7. The third-order valence-electron chi connectivity index (χ3n) is 8.90. The zero-order valence-corrected chi connectivity index (χ0v) is 22.6. The van der Waals surface area contributed by atoms with Crippen LogP contribution < -0.4 is 18.9 Å². The van der Waals surface area contributed by atoms with E-state index in [1.165, 1.54) is 6.92 Å². The molecule has 2 unspecified atom stereocenters. The van der Waals surface area contributed by atoms with Gasteiger partial charge in [-0.15, -0.1) is 0 Å². The molecule has 2 aromatic carbocycles. The molecule has 2 aromatic rings. The van der Waals surface area contributed by atoms with Crippen LogP contribution in [0.3, 0.4) is 0 Å². The lowest BCUT2D eigenvalue weighted by Crippen LogP contribution is -2.68. The smallest absolute Gasteiger partial charge is 0.308 e. The molecule has 1 fully saturated rings. The first kappa shape index (κ1) is 24.8. The van der Waals surface area contributed by atoms with Crippen molar-refractivity contribution >= 4 is 5.97 Å². The van der Waals surface area contributed by atoms with Crippen molar-refractivity contribution < 1.29 is 28.8 Å². The van der Waals surface area contributed by atoms with Crippen molar-refractivity contribution in [2.24, 2.45) is 0 Å². The van der Waals surface area contributed by atoms with Crippen LogP contribution in [0.5, 0.6) is 28.7 Å². The fourth-order valence-electron chi connectivity index (χ4n) is 7.52.